The molecule has 0 unspecified atom stereocenters. The second kappa shape index (κ2) is 5.97. The SMILES string of the molecule is CNC(=O)c1nn(C)cc1NS(=O)(=O)c1ccc2ccccc2c1. The van der Waals surface area contributed by atoms with E-state index in [-0.39, 0.29) is 16.3 Å². The largest absolute Gasteiger partial charge is 0.354 e. The van der Waals surface area contributed by atoms with E-state index in [0.29, 0.717) is 0 Å². The first-order valence-corrected chi connectivity index (χ1v) is 8.66. The Morgan fingerprint density at radius 2 is 1.83 bits per heavy atom. The van der Waals surface area contributed by atoms with Crippen molar-refractivity contribution in [2.45, 2.75) is 4.90 Å². The minimum atomic E-state index is -3.84. The fourth-order valence-corrected chi connectivity index (χ4v) is 3.47. The predicted molar refractivity (Wildman–Crippen MR) is 91.4 cm³/mol. The average Bonchev–Trinajstić information content (AvgIpc) is 2.93. The zero-order valence-electron chi connectivity index (χ0n) is 13.1. The molecule has 0 atom stereocenters. The van der Waals surface area contributed by atoms with E-state index in [2.05, 4.69) is 15.1 Å². The summed E-state index contributed by atoms with van der Waals surface area (Å²) in [4.78, 5) is 11.9. The van der Waals surface area contributed by atoms with E-state index in [0.717, 1.165) is 10.8 Å². The van der Waals surface area contributed by atoms with Crippen LogP contribution in [0.5, 0.6) is 0 Å². The second-order valence-corrected chi connectivity index (χ2v) is 6.94. The highest BCUT2D eigenvalue weighted by molar-refractivity contribution is 7.92. The number of carbonyl (C=O) groups is 1. The summed E-state index contributed by atoms with van der Waals surface area (Å²) in [6, 6.07) is 12.3. The second-order valence-electron chi connectivity index (χ2n) is 5.26. The Morgan fingerprint density at radius 3 is 2.54 bits per heavy atom. The first-order valence-electron chi connectivity index (χ1n) is 7.18. The van der Waals surface area contributed by atoms with Crippen molar-refractivity contribution in [2.75, 3.05) is 11.8 Å². The van der Waals surface area contributed by atoms with Crippen LogP contribution < -0.4 is 10.0 Å². The highest BCUT2D eigenvalue weighted by atomic mass is 32.2. The number of carbonyl (C=O) groups excluding carboxylic acids is 1. The maximum Gasteiger partial charge on any atom is 0.273 e. The maximum absolute atomic E-state index is 12.6. The van der Waals surface area contributed by atoms with Gasteiger partial charge in [0, 0.05) is 20.3 Å². The van der Waals surface area contributed by atoms with Crippen LogP contribution in [-0.2, 0) is 17.1 Å². The van der Waals surface area contributed by atoms with E-state index in [9.17, 15) is 13.2 Å². The number of rotatable bonds is 4. The summed E-state index contributed by atoms with van der Waals surface area (Å²) in [5.74, 6) is -0.466. The molecule has 1 heterocycles. The Morgan fingerprint density at radius 1 is 1.12 bits per heavy atom. The minimum Gasteiger partial charge on any atom is -0.354 e. The molecule has 2 aromatic carbocycles. The van der Waals surface area contributed by atoms with Gasteiger partial charge in [-0.3, -0.25) is 14.2 Å². The first kappa shape index (κ1) is 16.0. The van der Waals surface area contributed by atoms with Crippen LogP contribution in [0.25, 0.3) is 10.8 Å². The Balaban J connectivity index is 2.00. The van der Waals surface area contributed by atoms with Gasteiger partial charge in [-0.15, -0.1) is 0 Å². The molecule has 0 saturated heterocycles. The molecular formula is C16H16N4O3S. The van der Waals surface area contributed by atoms with Crippen LogP contribution in [0.2, 0.25) is 0 Å². The van der Waals surface area contributed by atoms with Crippen molar-refractivity contribution in [1.82, 2.24) is 15.1 Å². The highest BCUT2D eigenvalue weighted by Gasteiger charge is 2.21. The number of aromatic nitrogens is 2. The van der Waals surface area contributed by atoms with E-state index in [1.54, 1.807) is 19.2 Å². The van der Waals surface area contributed by atoms with Crippen LogP contribution in [0, 0.1) is 0 Å². The summed E-state index contributed by atoms with van der Waals surface area (Å²) >= 11 is 0. The summed E-state index contributed by atoms with van der Waals surface area (Å²) in [5.41, 5.74) is 0.148. The molecule has 0 aliphatic heterocycles. The van der Waals surface area contributed by atoms with Crippen LogP contribution in [0.1, 0.15) is 10.5 Å². The molecule has 3 aromatic rings. The Bertz CT molecular complexity index is 1020. The molecule has 0 fully saturated rings. The number of hydrogen-bond donors (Lipinski definition) is 2. The third-order valence-electron chi connectivity index (χ3n) is 3.55. The van der Waals surface area contributed by atoms with E-state index in [4.69, 9.17) is 0 Å². The molecule has 7 nitrogen and oxygen atoms in total. The molecule has 3 rings (SSSR count). The van der Waals surface area contributed by atoms with Gasteiger partial charge in [0.1, 0.15) is 0 Å². The number of anilines is 1. The lowest BCUT2D eigenvalue weighted by Crippen LogP contribution is -2.21. The smallest absolute Gasteiger partial charge is 0.273 e. The number of nitrogens with one attached hydrogen (secondary N) is 2. The van der Waals surface area contributed by atoms with Crippen molar-refractivity contribution < 1.29 is 13.2 Å². The lowest BCUT2D eigenvalue weighted by Gasteiger charge is -2.08. The summed E-state index contributed by atoms with van der Waals surface area (Å²) in [5, 5.41) is 8.19. The number of nitrogens with zero attached hydrogens (tertiary/aromatic N) is 2. The summed E-state index contributed by atoms with van der Waals surface area (Å²) < 4.78 is 29.1. The predicted octanol–water partition coefficient (Wildman–Crippen LogP) is 1.73. The van der Waals surface area contributed by atoms with E-state index in [1.807, 2.05) is 24.3 Å². The topological polar surface area (TPSA) is 93.1 Å². The van der Waals surface area contributed by atoms with Crippen molar-refractivity contribution in [2.24, 2.45) is 7.05 Å². The molecule has 1 aromatic heterocycles. The van der Waals surface area contributed by atoms with Gasteiger partial charge < -0.3 is 5.32 Å². The third kappa shape index (κ3) is 2.95. The molecule has 2 N–H and O–H groups in total. The van der Waals surface area contributed by atoms with Gasteiger partial charge in [0.25, 0.3) is 15.9 Å². The zero-order chi connectivity index (χ0) is 17.3. The number of fused-ring (bicyclic) bond motifs is 1. The fourth-order valence-electron chi connectivity index (χ4n) is 2.39. The van der Waals surface area contributed by atoms with Crippen molar-refractivity contribution in [3.63, 3.8) is 0 Å². The summed E-state index contributed by atoms with van der Waals surface area (Å²) in [7, 11) is -0.771. The summed E-state index contributed by atoms with van der Waals surface area (Å²) in [6.45, 7) is 0. The van der Waals surface area contributed by atoms with E-state index < -0.39 is 15.9 Å². The standard InChI is InChI=1S/C16H16N4O3S/c1-17-16(21)15-14(10-20(2)18-15)19-24(22,23)13-8-7-11-5-3-4-6-12(11)9-13/h3-10,19H,1-2H3,(H,17,21). The number of sulfonamides is 1. The van der Waals surface area contributed by atoms with Crippen LogP contribution in [0.15, 0.2) is 53.6 Å². The lowest BCUT2D eigenvalue weighted by atomic mass is 10.1. The van der Waals surface area contributed by atoms with Crippen LogP contribution in [0.4, 0.5) is 5.69 Å². The van der Waals surface area contributed by atoms with Gasteiger partial charge in [-0.05, 0) is 22.9 Å². The van der Waals surface area contributed by atoms with Crippen molar-refractivity contribution >= 4 is 32.4 Å². The van der Waals surface area contributed by atoms with E-state index >= 15 is 0 Å². The third-order valence-corrected chi connectivity index (χ3v) is 4.91. The quantitative estimate of drug-likeness (QED) is 0.754. The Kier molecular flexibility index (Phi) is 3.98. The molecular weight excluding hydrogens is 328 g/mol. The molecule has 124 valence electrons. The van der Waals surface area contributed by atoms with Crippen molar-refractivity contribution in [1.29, 1.82) is 0 Å². The van der Waals surface area contributed by atoms with Gasteiger partial charge in [0.15, 0.2) is 5.69 Å². The number of benzene rings is 2. The molecule has 0 bridgehead atoms. The van der Waals surface area contributed by atoms with Crippen molar-refractivity contribution in [3.8, 4) is 0 Å². The normalized spacial score (nSPS) is 11.4. The Hall–Kier alpha value is -2.87. The van der Waals surface area contributed by atoms with Gasteiger partial charge in [-0.2, -0.15) is 5.10 Å². The molecule has 0 saturated carbocycles. The van der Waals surface area contributed by atoms with Crippen LogP contribution in [-0.4, -0.2) is 31.2 Å². The van der Waals surface area contributed by atoms with Gasteiger partial charge in [0.2, 0.25) is 0 Å². The molecule has 0 aliphatic rings. The van der Waals surface area contributed by atoms with Crippen LogP contribution in [0.3, 0.4) is 0 Å². The molecule has 24 heavy (non-hydrogen) atoms. The monoisotopic (exact) mass is 344 g/mol. The number of hydrogen-bond acceptors (Lipinski definition) is 4. The molecule has 0 radical (unpaired) electrons. The number of amides is 1. The molecule has 0 aliphatic carbocycles. The fraction of sp³-hybridized carbons (Fsp3) is 0.125. The van der Waals surface area contributed by atoms with Crippen LogP contribution >= 0.6 is 0 Å². The average molecular weight is 344 g/mol. The van der Waals surface area contributed by atoms with E-state index in [1.165, 1.54) is 24.0 Å². The van der Waals surface area contributed by atoms with Gasteiger partial charge in [0.05, 0.1) is 10.6 Å². The highest BCUT2D eigenvalue weighted by Crippen LogP contribution is 2.22. The zero-order valence-corrected chi connectivity index (χ0v) is 14.0. The van der Waals surface area contributed by atoms with Gasteiger partial charge >= 0.3 is 0 Å². The maximum atomic E-state index is 12.6. The molecule has 8 heteroatoms. The number of aryl methyl sites for hydroxylation is 1. The molecule has 1 amide bonds. The molecule has 0 spiro atoms. The lowest BCUT2D eigenvalue weighted by molar-refractivity contribution is 0.0958. The first-order chi connectivity index (χ1) is 11.4. The summed E-state index contributed by atoms with van der Waals surface area (Å²) in [6.07, 6.45) is 1.45. The van der Waals surface area contributed by atoms with Crippen molar-refractivity contribution in [3.05, 3.63) is 54.4 Å². The van der Waals surface area contributed by atoms with Gasteiger partial charge in [-0.25, -0.2) is 8.42 Å². The van der Waals surface area contributed by atoms with Gasteiger partial charge in [-0.1, -0.05) is 30.3 Å². The Labute approximate surface area is 139 Å². The minimum absolute atomic E-state index is 0.0179.